The number of benzene rings is 1. The third-order valence-electron chi connectivity index (χ3n) is 3.82. The normalized spacial score (nSPS) is 17.4. The van der Waals surface area contributed by atoms with Gasteiger partial charge in [-0.2, -0.15) is 0 Å². The molecule has 1 saturated carbocycles. The predicted octanol–water partition coefficient (Wildman–Crippen LogP) is 3.32. The van der Waals surface area contributed by atoms with Gasteiger partial charge in [0.25, 0.3) is 5.69 Å². The summed E-state index contributed by atoms with van der Waals surface area (Å²) in [5.74, 6) is 0. The molecule has 0 aliphatic heterocycles. The van der Waals surface area contributed by atoms with E-state index in [1.807, 2.05) is 0 Å². The molecule has 0 radical (unpaired) electrons. The van der Waals surface area contributed by atoms with Crippen LogP contribution in [0.4, 0.5) is 11.4 Å². The Bertz CT molecular complexity index is 473. The van der Waals surface area contributed by atoms with Gasteiger partial charge in [-0.3, -0.25) is 10.1 Å². The summed E-state index contributed by atoms with van der Waals surface area (Å²) in [5, 5.41) is 23.5. The quantitative estimate of drug-likeness (QED) is 0.642. The first-order valence-corrected chi connectivity index (χ1v) is 7.14. The minimum Gasteiger partial charge on any atom is -0.396 e. The summed E-state index contributed by atoms with van der Waals surface area (Å²) in [6.45, 7) is 0.879. The summed E-state index contributed by atoms with van der Waals surface area (Å²) in [7, 11) is 0. The minimum absolute atomic E-state index is 0.0405. The molecular formula is C13H17BrN2O3. The van der Waals surface area contributed by atoms with Gasteiger partial charge in [0.15, 0.2) is 0 Å². The zero-order valence-corrected chi connectivity index (χ0v) is 12.1. The number of nitro benzene ring substituents is 1. The van der Waals surface area contributed by atoms with Crippen molar-refractivity contribution in [3.8, 4) is 0 Å². The van der Waals surface area contributed by atoms with E-state index in [1.165, 1.54) is 12.1 Å². The van der Waals surface area contributed by atoms with Gasteiger partial charge < -0.3 is 10.4 Å². The highest BCUT2D eigenvalue weighted by Gasteiger charge is 2.33. The number of hydrogen-bond acceptors (Lipinski definition) is 4. The standard InChI is InChI=1S/C13H17BrN2O3/c14-11-7-10(16(18)19)3-4-12(11)15-8-13(9-17)5-1-2-6-13/h3-4,7,15,17H,1-2,5-6,8-9H2. The molecule has 0 amide bonds. The molecule has 0 heterocycles. The van der Waals surface area contributed by atoms with E-state index >= 15 is 0 Å². The smallest absolute Gasteiger partial charge is 0.270 e. The highest BCUT2D eigenvalue weighted by molar-refractivity contribution is 9.10. The maximum absolute atomic E-state index is 10.7. The van der Waals surface area contributed by atoms with Crippen LogP contribution in [-0.4, -0.2) is 23.2 Å². The molecule has 6 heteroatoms. The first-order valence-electron chi connectivity index (χ1n) is 6.35. The van der Waals surface area contributed by atoms with Crippen LogP contribution in [0.5, 0.6) is 0 Å². The van der Waals surface area contributed by atoms with Gasteiger partial charge in [0, 0.05) is 34.3 Å². The number of rotatable bonds is 5. The fraction of sp³-hybridized carbons (Fsp3) is 0.538. The molecule has 1 aromatic carbocycles. The molecule has 1 aromatic rings. The summed E-state index contributed by atoms with van der Waals surface area (Å²) in [6, 6.07) is 4.66. The molecule has 0 saturated heterocycles. The first kappa shape index (κ1) is 14.3. The molecule has 1 aliphatic rings. The lowest BCUT2D eigenvalue weighted by Crippen LogP contribution is -2.30. The van der Waals surface area contributed by atoms with Crippen LogP contribution in [0.2, 0.25) is 0 Å². The van der Waals surface area contributed by atoms with Gasteiger partial charge in [0.2, 0.25) is 0 Å². The first-order chi connectivity index (χ1) is 9.06. The van der Waals surface area contributed by atoms with Crippen molar-refractivity contribution in [2.45, 2.75) is 25.7 Å². The Morgan fingerprint density at radius 2 is 2.11 bits per heavy atom. The summed E-state index contributed by atoms with van der Waals surface area (Å²) in [6.07, 6.45) is 4.37. The maximum atomic E-state index is 10.7. The highest BCUT2D eigenvalue weighted by Crippen LogP contribution is 2.38. The van der Waals surface area contributed by atoms with Gasteiger partial charge in [-0.15, -0.1) is 0 Å². The molecule has 0 atom stereocenters. The zero-order chi connectivity index (χ0) is 13.9. The van der Waals surface area contributed by atoms with E-state index in [1.54, 1.807) is 6.07 Å². The average molecular weight is 329 g/mol. The van der Waals surface area contributed by atoms with Crippen molar-refractivity contribution in [3.05, 3.63) is 32.8 Å². The lowest BCUT2D eigenvalue weighted by atomic mass is 9.87. The predicted molar refractivity (Wildman–Crippen MR) is 77.3 cm³/mol. The van der Waals surface area contributed by atoms with Gasteiger partial charge in [-0.25, -0.2) is 0 Å². The lowest BCUT2D eigenvalue weighted by molar-refractivity contribution is -0.384. The Hall–Kier alpha value is -1.14. The zero-order valence-electron chi connectivity index (χ0n) is 10.6. The van der Waals surface area contributed by atoms with Crippen molar-refractivity contribution < 1.29 is 10.0 Å². The molecule has 104 valence electrons. The van der Waals surface area contributed by atoms with Crippen molar-refractivity contribution in [2.24, 2.45) is 5.41 Å². The van der Waals surface area contributed by atoms with Gasteiger partial charge in [0.1, 0.15) is 0 Å². The van der Waals surface area contributed by atoms with E-state index in [2.05, 4.69) is 21.2 Å². The second kappa shape index (κ2) is 5.88. The van der Waals surface area contributed by atoms with Gasteiger partial charge in [0.05, 0.1) is 11.5 Å². The fourth-order valence-corrected chi connectivity index (χ4v) is 3.07. The fourth-order valence-electron chi connectivity index (χ4n) is 2.56. The van der Waals surface area contributed by atoms with E-state index in [0.717, 1.165) is 31.4 Å². The maximum Gasteiger partial charge on any atom is 0.270 e. The van der Waals surface area contributed by atoms with Crippen LogP contribution in [0.1, 0.15) is 25.7 Å². The molecule has 19 heavy (non-hydrogen) atoms. The van der Waals surface area contributed by atoms with Crippen molar-refractivity contribution >= 4 is 27.3 Å². The minimum atomic E-state index is -0.416. The van der Waals surface area contributed by atoms with Crippen LogP contribution in [0, 0.1) is 15.5 Å². The third kappa shape index (κ3) is 3.25. The summed E-state index contributed by atoms with van der Waals surface area (Å²) >= 11 is 3.34. The number of nitro groups is 1. The largest absolute Gasteiger partial charge is 0.396 e. The molecule has 2 rings (SSSR count). The van der Waals surface area contributed by atoms with E-state index in [4.69, 9.17) is 0 Å². The second-order valence-electron chi connectivity index (χ2n) is 5.14. The van der Waals surface area contributed by atoms with Crippen LogP contribution in [0.25, 0.3) is 0 Å². The molecule has 5 nitrogen and oxygen atoms in total. The van der Waals surface area contributed by atoms with Crippen LogP contribution in [0.15, 0.2) is 22.7 Å². The van der Waals surface area contributed by atoms with Gasteiger partial charge >= 0.3 is 0 Å². The number of nitrogens with zero attached hydrogens (tertiary/aromatic N) is 1. The molecule has 0 spiro atoms. The number of nitrogens with one attached hydrogen (secondary N) is 1. The van der Waals surface area contributed by atoms with Crippen molar-refractivity contribution in [2.75, 3.05) is 18.5 Å². The Labute approximate surface area is 120 Å². The number of halogens is 1. The Morgan fingerprint density at radius 1 is 1.42 bits per heavy atom. The molecule has 2 N–H and O–H groups in total. The van der Waals surface area contributed by atoms with Gasteiger partial charge in [-0.1, -0.05) is 12.8 Å². The van der Waals surface area contributed by atoms with Crippen molar-refractivity contribution in [1.82, 2.24) is 0 Å². The molecule has 0 unspecified atom stereocenters. The van der Waals surface area contributed by atoms with Crippen LogP contribution < -0.4 is 5.32 Å². The topological polar surface area (TPSA) is 75.4 Å². The average Bonchev–Trinajstić information content (AvgIpc) is 2.86. The van der Waals surface area contributed by atoms with Crippen molar-refractivity contribution in [3.63, 3.8) is 0 Å². The van der Waals surface area contributed by atoms with Crippen molar-refractivity contribution in [1.29, 1.82) is 0 Å². The number of aliphatic hydroxyl groups excluding tert-OH is 1. The number of hydrogen-bond donors (Lipinski definition) is 2. The molecular weight excluding hydrogens is 312 g/mol. The summed E-state index contributed by atoms with van der Waals surface area (Å²) in [4.78, 5) is 10.2. The Kier molecular flexibility index (Phi) is 4.42. The highest BCUT2D eigenvalue weighted by atomic mass is 79.9. The Balaban J connectivity index is 2.05. The number of aliphatic hydroxyl groups is 1. The molecule has 1 aliphatic carbocycles. The van der Waals surface area contributed by atoms with E-state index in [0.29, 0.717) is 11.0 Å². The van der Waals surface area contributed by atoms with Crippen LogP contribution in [0.3, 0.4) is 0 Å². The lowest BCUT2D eigenvalue weighted by Gasteiger charge is -2.27. The second-order valence-corrected chi connectivity index (χ2v) is 5.99. The molecule has 0 bridgehead atoms. The molecule has 0 aromatic heterocycles. The van der Waals surface area contributed by atoms with Gasteiger partial charge in [-0.05, 0) is 34.8 Å². The van der Waals surface area contributed by atoms with E-state index in [-0.39, 0.29) is 17.7 Å². The van der Waals surface area contributed by atoms with E-state index < -0.39 is 4.92 Å². The summed E-state index contributed by atoms with van der Waals surface area (Å²) in [5.41, 5.74) is 0.849. The monoisotopic (exact) mass is 328 g/mol. The SMILES string of the molecule is O=[N+]([O-])c1ccc(NCC2(CO)CCCC2)c(Br)c1. The van der Waals surface area contributed by atoms with Crippen LogP contribution >= 0.6 is 15.9 Å². The van der Waals surface area contributed by atoms with Crippen LogP contribution in [-0.2, 0) is 0 Å². The van der Waals surface area contributed by atoms with E-state index in [9.17, 15) is 15.2 Å². The molecule has 1 fully saturated rings. The number of anilines is 1. The summed E-state index contributed by atoms with van der Waals surface area (Å²) < 4.78 is 0.674. The third-order valence-corrected chi connectivity index (χ3v) is 4.47. The Morgan fingerprint density at radius 3 is 2.63 bits per heavy atom. The number of non-ortho nitro benzene ring substituents is 1.